The maximum atomic E-state index is 14.0. The molecular formula is C18H13Cl2FN2O. The number of amides is 1. The number of carbonyl (C=O) groups excluding carboxylic acids is 1. The predicted octanol–water partition coefficient (Wildman–Crippen LogP) is 4.81. The molecule has 1 amide bonds. The number of nitrogens with zero attached hydrogens (tertiary/aromatic N) is 1. The van der Waals surface area contributed by atoms with Gasteiger partial charge in [-0.25, -0.2) is 4.39 Å². The first-order valence-electron chi connectivity index (χ1n) is 7.57. The highest BCUT2D eigenvalue weighted by molar-refractivity contribution is 6.33. The highest BCUT2D eigenvalue weighted by Gasteiger charge is 2.27. The lowest BCUT2D eigenvalue weighted by atomic mass is 10.0. The molecule has 122 valence electrons. The molecule has 0 aliphatic carbocycles. The maximum Gasteiger partial charge on any atom is 0.258 e. The molecule has 0 saturated carbocycles. The fraction of sp³-hybridized carbons (Fsp3) is 0.167. The van der Waals surface area contributed by atoms with Crippen LogP contribution >= 0.6 is 23.2 Å². The highest BCUT2D eigenvalue weighted by atomic mass is 35.5. The van der Waals surface area contributed by atoms with Crippen molar-refractivity contribution >= 4 is 40.0 Å². The van der Waals surface area contributed by atoms with Crippen LogP contribution in [0.5, 0.6) is 0 Å². The summed E-state index contributed by atoms with van der Waals surface area (Å²) in [5.41, 5.74) is 3.03. The molecule has 0 saturated heterocycles. The lowest BCUT2D eigenvalue weighted by Crippen LogP contribution is -2.36. The van der Waals surface area contributed by atoms with Gasteiger partial charge in [0.2, 0.25) is 0 Å². The highest BCUT2D eigenvalue weighted by Crippen LogP contribution is 2.31. The average Bonchev–Trinajstić information content (AvgIpc) is 2.91. The summed E-state index contributed by atoms with van der Waals surface area (Å²) in [6.07, 6.45) is 0.680. The summed E-state index contributed by atoms with van der Waals surface area (Å²) in [6.45, 7) is 0.928. The van der Waals surface area contributed by atoms with Crippen molar-refractivity contribution in [2.45, 2.75) is 13.0 Å². The largest absolute Gasteiger partial charge is 0.358 e. The van der Waals surface area contributed by atoms with Crippen LogP contribution < -0.4 is 0 Å². The molecule has 1 aromatic heterocycles. The number of benzene rings is 2. The van der Waals surface area contributed by atoms with E-state index in [1.165, 1.54) is 18.2 Å². The van der Waals surface area contributed by atoms with Gasteiger partial charge in [-0.1, -0.05) is 35.3 Å². The number of fused-ring (bicyclic) bond motifs is 3. The van der Waals surface area contributed by atoms with Gasteiger partial charge in [-0.15, -0.1) is 0 Å². The molecule has 0 spiro atoms. The van der Waals surface area contributed by atoms with Crippen molar-refractivity contribution < 1.29 is 9.18 Å². The summed E-state index contributed by atoms with van der Waals surface area (Å²) in [6, 6.07) is 9.91. The number of hydrogen-bond donors (Lipinski definition) is 1. The third kappa shape index (κ3) is 2.46. The number of nitrogens with one attached hydrogen (secondary N) is 1. The first kappa shape index (κ1) is 15.5. The minimum absolute atomic E-state index is 0.0643. The Labute approximate surface area is 148 Å². The quantitative estimate of drug-likeness (QED) is 0.662. The summed E-state index contributed by atoms with van der Waals surface area (Å²) in [5.74, 6) is -0.976. The zero-order chi connectivity index (χ0) is 16.8. The molecule has 24 heavy (non-hydrogen) atoms. The molecule has 0 unspecified atom stereocenters. The Balaban J connectivity index is 1.71. The Hall–Kier alpha value is -2.04. The molecule has 0 atom stereocenters. The Kier molecular flexibility index (Phi) is 3.74. The van der Waals surface area contributed by atoms with Gasteiger partial charge in [0.25, 0.3) is 5.91 Å². The SMILES string of the molecule is O=C(c1c(F)cccc1Cl)N1CCc2[nH]c3cc(Cl)ccc3c2C1. The average molecular weight is 363 g/mol. The number of hydrogen-bond acceptors (Lipinski definition) is 1. The van der Waals surface area contributed by atoms with Crippen LogP contribution in [0, 0.1) is 5.82 Å². The van der Waals surface area contributed by atoms with E-state index >= 15 is 0 Å². The number of rotatable bonds is 1. The van der Waals surface area contributed by atoms with Crippen molar-refractivity contribution in [3.8, 4) is 0 Å². The Morgan fingerprint density at radius 2 is 2.04 bits per heavy atom. The number of H-pyrrole nitrogens is 1. The van der Waals surface area contributed by atoms with Gasteiger partial charge in [-0.3, -0.25) is 4.79 Å². The summed E-state index contributed by atoms with van der Waals surface area (Å²) >= 11 is 12.1. The zero-order valence-electron chi connectivity index (χ0n) is 12.6. The molecule has 2 aromatic carbocycles. The molecule has 1 aliphatic rings. The van der Waals surface area contributed by atoms with Crippen LogP contribution in [0.2, 0.25) is 10.0 Å². The van der Waals surface area contributed by atoms with Gasteiger partial charge in [0.15, 0.2) is 0 Å². The zero-order valence-corrected chi connectivity index (χ0v) is 14.1. The Bertz CT molecular complexity index is 947. The molecule has 3 aromatic rings. The van der Waals surface area contributed by atoms with E-state index < -0.39 is 5.82 Å². The summed E-state index contributed by atoms with van der Waals surface area (Å²) in [7, 11) is 0. The van der Waals surface area contributed by atoms with Crippen LogP contribution in [0.3, 0.4) is 0 Å². The summed E-state index contributed by atoms with van der Waals surface area (Å²) < 4.78 is 14.0. The molecule has 3 nitrogen and oxygen atoms in total. The lowest BCUT2D eigenvalue weighted by Gasteiger charge is -2.27. The molecule has 1 N–H and O–H groups in total. The number of halogens is 3. The molecule has 0 fully saturated rings. The molecule has 1 aliphatic heterocycles. The van der Waals surface area contributed by atoms with Gasteiger partial charge in [-0.2, -0.15) is 0 Å². The standard InChI is InChI=1S/C18H13Cl2FN2O/c19-10-4-5-11-12-9-23(7-6-15(12)22-16(11)8-10)18(24)17-13(20)2-1-3-14(17)21/h1-5,8,22H,6-7,9H2. The fourth-order valence-electron chi connectivity index (χ4n) is 3.23. The van der Waals surface area contributed by atoms with Gasteiger partial charge in [-0.05, 0) is 24.3 Å². The van der Waals surface area contributed by atoms with Crippen LogP contribution in [-0.2, 0) is 13.0 Å². The fourth-order valence-corrected chi connectivity index (χ4v) is 3.64. The van der Waals surface area contributed by atoms with Gasteiger partial charge >= 0.3 is 0 Å². The van der Waals surface area contributed by atoms with Crippen LogP contribution in [0.15, 0.2) is 36.4 Å². The van der Waals surface area contributed by atoms with E-state index in [1.807, 2.05) is 18.2 Å². The Morgan fingerprint density at radius 3 is 2.83 bits per heavy atom. The Morgan fingerprint density at radius 1 is 1.21 bits per heavy atom. The first-order valence-corrected chi connectivity index (χ1v) is 8.32. The van der Waals surface area contributed by atoms with E-state index in [0.717, 1.165) is 22.2 Å². The van der Waals surface area contributed by atoms with E-state index in [9.17, 15) is 9.18 Å². The van der Waals surface area contributed by atoms with Gasteiger partial charge in [0.05, 0.1) is 10.6 Å². The van der Waals surface area contributed by atoms with Crippen molar-refractivity contribution in [3.63, 3.8) is 0 Å². The second-order valence-corrected chi connectivity index (χ2v) is 6.69. The minimum atomic E-state index is -0.594. The van der Waals surface area contributed by atoms with Crippen LogP contribution in [0.25, 0.3) is 10.9 Å². The molecule has 6 heteroatoms. The summed E-state index contributed by atoms with van der Waals surface area (Å²) in [4.78, 5) is 17.7. The van der Waals surface area contributed by atoms with E-state index in [-0.39, 0.29) is 16.5 Å². The van der Waals surface area contributed by atoms with E-state index in [1.54, 1.807) is 4.90 Å². The maximum absolute atomic E-state index is 14.0. The van der Waals surface area contributed by atoms with Crippen molar-refractivity contribution in [2.75, 3.05) is 6.54 Å². The van der Waals surface area contributed by atoms with Crippen LogP contribution in [0.4, 0.5) is 4.39 Å². The van der Waals surface area contributed by atoms with Crippen molar-refractivity contribution in [1.82, 2.24) is 9.88 Å². The van der Waals surface area contributed by atoms with E-state index in [4.69, 9.17) is 23.2 Å². The third-order valence-electron chi connectivity index (χ3n) is 4.40. The number of aromatic nitrogens is 1. The number of aromatic amines is 1. The molecule has 0 bridgehead atoms. The predicted molar refractivity (Wildman–Crippen MR) is 93.2 cm³/mol. The molecule has 4 rings (SSSR count). The summed E-state index contributed by atoms with van der Waals surface area (Å²) in [5, 5.41) is 1.83. The monoisotopic (exact) mass is 362 g/mol. The van der Waals surface area contributed by atoms with Crippen molar-refractivity contribution in [1.29, 1.82) is 0 Å². The van der Waals surface area contributed by atoms with Crippen molar-refractivity contribution in [3.05, 3.63) is 69.1 Å². The van der Waals surface area contributed by atoms with Crippen LogP contribution in [-0.4, -0.2) is 22.3 Å². The lowest BCUT2D eigenvalue weighted by molar-refractivity contribution is 0.0730. The second-order valence-electron chi connectivity index (χ2n) is 5.85. The first-order chi connectivity index (χ1) is 11.5. The van der Waals surface area contributed by atoms with Crippen molar-refractivity contribution in [2.24, 2.45) is 0 Å². The van der Waals surface area contributed by atoms with Crippen LogP contribution in [0.1, 0.15) is 21.6 Å². The topological polar surface area (TPSA) is 36.1 Å². The molecule has 0 radical (unpaired) electrons. The smallest absolute Gasteiger partial charge is 0.258 e. The van der Waals surface area contributed by atoms with Gasteiger partial charge in [0.1, 0.15) is 5.82 Å². The second kappa shape index (κ2) is 5.80. The van der Waals surface area contributed by atoms with Gasteiger partial charge < -0.3 is 9.88 Å². The molecule has 2 heterocycles. The minimum Gasteiger partial charge on any atom is -0.358 e. The van der Waals surface area contributed by atoms with E-state index in [2.05, 4.69) is 4.98 Å². The molecular weight excluding hydrogens is 350 g/mol. The number of carbonyl (C=O) groups is 1. The van der Waals surface area contributed by atoms with Gasteiger partial charge in [0, 0.05) is 46.7 Å². The van der Waals surface area contributed by atoms with E-state index in [0.29, 0.717) is 24.5 Å². The third-order valence-corrected chi connectivity index (χ3v) is 4.95. The normalized spacial score (nSPS) is 14.0.